The van der Waals surface area contributed by atoms with Gasteiger partial charge in [0.1, 0.15) is 11.8 Å². The summed E-state index contributed by atoms with van der Waals surface area (Å²) in [5, 5.41) is 3.57. The van der Waals surface area contributed by atoms with Crippen molar-refractivity contribution in [3.05, 3.63) is 12.7 Å². The minimum atomic E-state index is 0. The van der Waals surface area contributed by atoms with E-state index >= 15 is 0 Å². The van der Waals surface area contributed by atoms with Crippen molar-refractivity contribution in [1.82, 2.24) is 29.3 Å². The molecule has 0 aliphatic rings. The Bertz CT molecular complexity index is 728. The number of fused-ring (bicyclic) bond motifs is 1. The molecule has 2 unspecified atom stereocenters. The van der Waals surface area contributed by atoms with Crippen molar-refractivity contribution in [2.75, 3.05) is 44.6 Å². The van der Waals surface area contributed by atoms with Gasteiger partial charge in [-0.1, -0.05) is 27.7 Å². The third-order valence-electron chi connectivity index (χ3n) is 6.21. The summed E-state index contributed by atoms with van der Waals surface area (Å²) < 4.78 is 2.20. The zero-order valence-electron chi connectivity index (χ0n) is 20.5. The fourth-order valence-corrected chi connectivity index (χ4v) is 4.04. The van der Waals surface area contributed by atoms with Gasteiger partial charge in [0.15, 0.2) is 11.5 Å². The number of halogens is 1. The third kappa shape index (κ3) is 8.20. The highest BCUT2D eigenvalue weighted by molar-refractivity contribution is 5.85. The molecule has 1 N–H and O–H groups in total. The molecular formula is C23H44ClN7. The van der Waals surface area contributed by atoms with E-state index in [9.17, 15) is 0 Å². The predicted octanol–water partition coefficient (Wildman–Crippen LogP) is 4.85. The fourth-order valence-electron chi connectivity index (χ4n) is 4.04. The Labute approximate surface area is 195 Å². The van der Waals surface area contributed by atoms with Gasteiger partial charge < -0.3 is 19.7 Å². The number of nitrogens with one attached hydrogen (secondary N) is 1. The summed E-state index contributed by atoms with van der Waals surface area (Å²) in [5.41, 5.74) is 1.81. The fraction of sp³-hybridized carbons (Fsp3) is 0.783. The van der Waals surface area contributed by atoms with Gasteiger partial charge in [0.05, 0.1) is 6.33 Å². The van der Waals surface area contributed by atoms with E-state index in [1.165, 1.54) is 12.8 Å². The SMILES string of the molecule is CCN(CC)CCCC(C)Nc1ncnc2c1ncn2C(C)CCCN(CC)CC.Cl. The van der Waals surface area contributed by atoms with Crippen LogP contribution < -0.4 is 5.32 Å². The summed E-state index contributed by atoms with van der Waals surface area (Å²) in [6.07, 6.45) is 8.19. The van der Waals surface area contributed by atoms with Crippen LogP contribution in [0.3, 0.4) is 0 Å². The lowest BCUT2D eigenvalue weighted by atomic mass is 10.1. The lowest BCUT2D eigenvalue weighted by Gasteiger charge is -2.20. The van der Waals surface area contributed by atoms with Crippen LogP contribution in [0.5, 0.6) is 0 Å². The molecule has 0 saturated heterocycles. The van der Waals surface area contributed by atoms with E-state index in [0.29, 0.717) is 12.1 Å². The summed E-state index contributed by atoms with van der Waals surface area (Å²) >= 11 is 0. The van der Waals surface area contributed by atoms with E-state index in [-0.39, 0.29) is 12.4 Å². The van der Waals surface area contributed by atoms with Crippen LogP contribution in [0.15, 0.2) is 12.7 Å². The number of imidazole rings is 1. The quantitative estimate of drug-likeness (QED) is 0.415. The number of aromatic nitrogens is 4. The van der Waals surface area contributed by atoms with Crippen LogP contribution in [0.25, 0.3) is 11.2 Å². The van der Waals surface area contributed by atoms with Crippen LogP contribution in [-0.4, -0.2) is 74.6 Å². The van der Waals surface area contributed by atoms with Gasteiger partial charge in [0.25, 0.3) is 0 Å². The Morgan fingerprint density at radius 2 is 1.45 bits per heavy atom. The van der Waals surface area contributed by atoms with Crippen LogP contribution in [0.2, 0.25) is 0 Å². The molecule has 0 aliphatic carbocycles. The van der Waals surface area contributed by atoms with Gasteiger partial charge in [-0.2, -0.15) is 0 Å². The molecule has 2 heterocycles. The minimum absolute atomic E-state index is 0. The molecule has 0 aromatic carbocycles. The molecule has 2 rings (SSSR count). The molecule has 0 saturated carbocycles. The molecule has 0 radical (unpaired) electrons. The zero-order valence-corrected chi connectivity index (χ0v) is 21.3. The highest BCUT2D eigenvalue weighted by atomic mass is 35.5. The molecule has 0 fully saturated rings. The van der Waals surface area contributed by atoms with E-state index in [1.54, 1.807) is 6.33 Å². The molecule has 0 bridgehead atoms. The van der Waals surface area contributed by atoms with Gasteiger partial charge in [-0.25, -0.2) is 15.0 Å². The first-order chi connectivity index (χ1) is 14.5. The van der Waals surface area contributed by atoms with Crippen molar-refractivity contribution in [3.8, 4) is 0 Å². The second-order valence-electron chi connectivity index (χ2n) is 8.28. The maximum Gasteiger partial charge on any atom is 0.165 e. The number of hydrogen-bond acceptors (Lipinski definition) is 6. The van der Waals surface area contributed by atoms with Gasteiger partial charge in [-0.05, 0) is 78.8 Å². The number of rotatable bonds is 15. The smallest absolute Gasteiger partial charge is 0.165 e. The molecule has 0 amide bonds. The standard InChI is InChI=1S/C23H43N7.ClH/c1-7-28(8-2)15-11-13-19(5)27-22-21-23(25-17-24-22)30(18-26-21)20(6)14-12-16-29(9-3)10-4;/h17-20H,7-16H2,1-6H3,(H,24,25,27);1H. The van der Waals surface area contributed by atoms with Gasteiger partial charge >= 0.3 is 0 Å². The number of nitrogens with zero attached hydrogens (tertiary/aromatic N) is 6. The van der Waals surface area contributed by atoms with E-state index < -0.39 is 0 Å². The normalized spacial score (nSPS) is 13.5. The number of hydrogen-bond donors (Lipinski definition) is 1. The van der Waals surface area contributed by atoms with E-state index in [2.05, 4.69) is 76.2 Å². The molecule has 7 nitrogen and oxygen atoms in total. The Balaban J connectivity index is 0.00000480. The monoisotopic (exact) mass is 453 g/mol. The van der Waals surface area contributed by atoms with Crippen LogP contribution >= 0.6 is 12.4 Å². The molecule has 2 aromatic rings. The summed E-state index contributed by atoms with van der Waals surface area (Å²) in [6, 6.07) is 0.732. The molecule has 0 aliphatic heterocycles. The second-order valence-corrected chi connectivity index (χ2v) is 8.28. The van der Waals surface area contributed by atoms with E-state index in [1.807, 2.05) is 6.33 Å². The maximum absolute atomic E-state index is 4.66. The Hall–Kier alpha value is -1.44. The van der Waals surface area contributed by atoms with Crippen molar-refractivity contribution in [1.29, 1.82) is 0 Å². The van der Waals surface area contributed by atoms with Gasteiger partial charge in [0, 0.05) is 12.1 Å². The largest absolute Gasteiger partial charge is 0.366 e. The van der Waals surface area contributed by atoms with Crippen LogP contribution in [-0.2, 0) is 0 Å². The van der Waals surface area contributed by atoms with Crippen molar-refractivity contribution >= 4 is 29.4 Å². The lowest BCUT2D eigenvalue weighted by Crippen LogP contribution is -2.25. The van der Waals surface area contributed by atoms with Crippen molar-refractivity contribution in [2.45, 2.75) is 79.3 Å². The number of anilines is 1. The predicted molar refractivity (Wildman–Crippen MR) is 134 cm³/mol. The zero-order chi connectivity index (χ0) is 21.9. The molecule has 178 valence electrons. The molecule has 31 heavy (non-hydrogen) atoms. The van der Waals surface area contributed by atoms with Gasteiger partial charge in [0.2, 0.25) is 0 Å². The Kier molecular flexibility index (Phi) is 13.0. The first-order valence-electron chi connectivity index (χ1n) is 11.9. The first kappa shape index (κ1) is 27.6. The highest BCUT2D eigenvalue weighted by Crippen LogP contribution is 2.23. The second kappa shape index (κ2) is 14.6. The van der Waals surface area contributed by atoms with Crippen molar-refractivity contribution in [2.24, 2.45) is 0 Å². The average molecular weight is 454 g/mol. The van der Waals surface area contributed by atoms with Gasteiger partial charge in [-0.3, -0.25) is 0 Å². The molecular weight excluding hydrogens is 410 g/mol. The lowest BCUT2D eigenvalue weighted by molar-refractivity contribution is 0.288. The van der Waals surface area contributed by atoms with Crippen LogP contribution in [0.4, 0.5) is 5.82 Å². The van der Waals surface area contributed by atoms with Crippen LogP contribution in [0.1, 0.15) is 73.3 Å². The first-order valence-corrected chi connectivity index (χ1v) is 11.9. The average Bonchev–Trinajstić information content (AvgIpc) is 3.19. The summed E-state index contributed by atoms with van der Waals surface area (Å²) in [5.74, 6) is 0.851. The van der Waals surface area contributed by atoms with Crippen LogP contribution in [0, 0.1) is 0 Å². The van der Waals surface area contributed by atoms with E-state index in [0.717, 1.165) is 69.1 Å². The summed E-state index contributed by atoms with van der Waals surface area (Å²) in [6.45, 7) is 20.2. The Morgan fingerprint density at radius 3 is 2.03 bits per heavy atom. The maximum atomic E-state index is 4.66. The van der Waals surface area contributed by atoms with Crippen molar-refractivity contribution in [3.63, 3.8) is 0 Å². The highest BCUT2D eigenvalue weighted by Gasteiger charge is 2.15. The van der Waals surface area contributed by atoms with Gasteiger partial charge in [-0.15, -0.1) is 12.4 Å². The molecule has 8 heteroatoms. The molecule has 2 atom stereocenters. The minimum Gasteiger partial charge on any atom is -0.366 e. The molecule has 0 spiro atoms. The van der Waals surface area contributed by atoms with Crippen molar-refractivity contribution < 1.29 is 0 Å². The third-order valence-corrected chi connectivity index (χ3v) is 6.21. The molecule has 2 aromatic heterocycles. The Morgan fingerprint density at radius 1 is 0.871 bits per heavy atom. The topological polar surface area (TPSA) is 62.1 Å². The summed E-state index contributed by atoms with van der Waals surface area (Å²) in [7, 11) is 0. The summed E-state index contributed by atoms with van der Waals surface area (Å²) in [4.78, 5) is 18.6. The van der Waals surface area contributed by atoms with E-state index in [4.69, 9.17) is 0 Å².